The van der Waals surface area contributed by atoms with E-state index in [4.69, 9.17) is 9.47 Å². The number of esters is 2. The van der Waals surface area contributed by atoms with Gasteiger partial charge in [0.25, 0.3) is 0 Å². The minimum atomic E-state index is -0.772. The Kier molecular flexibility index (Phi) is 46.4. The molecule has 5 heteroatoms. The van der Waals surface area contributed by atoms with Gasteiger partial charge in [-0.2, -0.15) is 0 Å². The molecule has 0 aliphatic heterocycles. The number of aliphatic hydroxyl groups excluding tert-OH is 1. The van der Waals surface area contributed by atoms with Crippen LogP contribution in [-0.4, -0.2) is 36.4 Å². The van der Waals surface area contributed by atoms with Crippen molar-refractivity contribution in [2.75, 3.05) is 13.2 Å². The topological polar surface area (TPSA) is 72.8 Å². The summed E-state index contributed by atoms with van der Waals surface area (Å²) >= 11 is 0. The molecular weight excluding hydrogens is 693 g/mol. The third-order valence-corrected chi connectivity index (χ3v) is 11.2. The summed E-state index contributed by atoms with van der Waals surface area (Å²) in [6.07, 6.45) is 58.4. The highest BCUT2D eigenvalue weighted by atomic mass is 16.6. The Labute approximate surface area is 349 Å². The zero-order chi connectivity index (χ0) is 40.7. The molecule has 0 aliphatic rings. The highest BCUT2D eigenvalue weighted by Gasteiger charge is 2.16. The van der Waals surface area contributed by atoms with Crippen LogP contribution < -0.4 is 0 Å². The van der Waals surface area contributed by atoms with Crippen molar-refractivity contribution in [1.29, 1.82) is 0 Å². The van der Waals surface area contributed by atoms with E-state index >= 15 is 0 Å². The second-order valence-corrected chi connectivity index (χ2v) is 16.9. The summed E-state index contributed by atoms with van der Waals surface area (Å²) < 4.78 is 10.7. The number of hydrogen-bond donors (Lipinski definition) is 1. The quantitative estimate of drug-likeness (QED) is 0.0378. The number of rotatable bonds is 46. The Bertz CT molecular complexity index is 851. The molecule has 5 nitrogen and oxygen atoms in total. The van der Waals surface area contributed by atoms with Crippen LogP contribution in [0, 0.1) is 0 Å². The maximum atomic E-state index is 12.2. The fourth-order valence-corrected chi connectivity index (χ4v) is 7.47. The monoisotopic (exact) mass is 789 g/mol. The number of aliphatic hydroxyl groups is 1. The minimum absolute atomic E-state index is 0.0640. The minimum Gasteiger partial charge on any atom is -0.462 e. The van der Waals surface area contributed by atoms with Crippen LogP contribution in [0.4, 0.5) is 0 Å². The molecule has 0 amide bonds. The Hall–Kier alpha value is -1.62. The fourth-order valence-electron chi connectivity index (χ4n) is 7.47. The third-order valence-electron chi connectivity index (χ3n) is 11.2. The van der Waals surface area contributed by atoms with Gasteiger partial charge in [-0.15, -0.1) is 0 Å². The second-order valence-electron chi connectivity index (χ2n) is 16.9. The lowest BCUT2D eigenvalue weighted by molar-refractivity contribution is -0.161. The summed E-state index contributed by atoms with van der Waals surface area (Å²) in [6.45, 7) is 4.15. The average molecular weight is 789 g/mol. The summed E-state index contributed by atoms with van der Waals surface area (Å²) in [6, 6.07) is 0. The third kappa shape index (κ3) is 45.1. The van der Waals surface area contributed by atoms with Gasteiger partial charge in [0.1, 0.15) is 6.61 Å². The van der Waals surface area contributed by atoms with Gasteiger partial charge < -0.3 is 14.6 Å². The maximum absolute atomic E-state index is 12.2. The number of hydrogen-bond acceptors (Lipinski definition) is 5. The van der Waals surface area contributed by atoms with Crippen LogP contribution in [0.5, 0.6) is 0 Å². The second kappa shape index (κ2) is 47.8. The van der Waals surface area contributed by atoms with E-state index in [-0.39, 0.29) is 25.2 Å². The zero-order valence-corrected chi connectivity index (χ0v) is 37.7. The molecule has 0 aromatic rings. The summed E-state index contributed by atoms with van der Waals surface area (Å²) in [4.78, 5) is 24.4. The highest BCUT2D eigenvalue weighted by Crippen LogP contribution is 2.17. The van der Waals surface area contributed by atoms with Crippen LogP contribution in [0.25, 0.3) is 0 Å². The lowest BCUT2D eigenvalue weighted by Crippen LogP contribution is -2.28. The number of ether oxygens (including phenoxy) is 2. The highest BCUT2D eigenvalue weighted by molar-refractivity contribution is 5.70. The first-order chi connectivity index (χ1) is 27.6. The molecule has 1 unspecified atom stereocenters. The summed E-state index contributed by atoms with van der Waals surface area (Å²) in [7, 11) is 0. The number of carbonyl (C=O) groups excluding carboxylic acids is 2. The van der Waals surface area contributed by atoms with E-state index < -0.39 is 6.10 Å². The SMILES string of the molecule is CCCCCC/C=C\C/C=C\CCCCCCCCCC(=O)OC(CO)COC(=O)CCCCCCCCCCCCCCCCCCCCCCCCCC. The molecule has 56 heavy (non-hydrogen) atoms. The summed E-state index contributed by atoms with van der Waals surface area (Å²) in [5.74, 6) is -0.585. The standard InChI is InChI=1S/C51H96O5/c1-3-5-7-9-11-13-15-17-19-21-23-24-25-26-27-28-30-31-33-35-37-39-41-43-45-50(53)55-48-49(47-52)56-51(54)46-44-42-40-38-36-34-32-29-22-20-18-16-14-12-10-8-6-4-2/h14,16,20,22,49,52H,3-13,15,17-19,21,23-48H2,1-2H3/b16-14-,22-20-. The van der Waals surface area contributed by atoms with Crippen molar-refractivity contribution in [2.45, 2.75) is 277 Å². The molecule has 0 bridgehead atoms. The van der Waals surface area contributed by atoms with Crippen LogP contribution >= 0.6 is 0 Å². The van der Waals surface area contributed by atoms with Crippen LogP contribution in [0.1, 0.15) is 271 Å². The van der Waals surface area contributed by atoms with Crippen molar-refractivity contribution in [3.63, 3.8) is 0 Å². The molecule has 0 fully saturated rings. The van der Waals surface area contributed by atoms with Crippen molar-refractivity contribution in [1.82, 2.24) is 0 Å². The molecule has 1 atom stereocenters. The van der Waals surface area contributed by atoms with E-state index in [1.165, 1.54) is 199 Å². The predicted octanol–water partition coefficient (Wildman–Crippen LogP) is 16.2. The molecule has 0 saturated heterocycles. The van der Waals surface area contributed by atoms with Crippen molar-refractivity contribution < 1.29 is 24.2 Å². The molecule has 0 aromatic heterocycles. The van der Waals surface area contributed by atoms with Gasteiger partial charge in [-0.25, -0.2) is 0 Å². The number of carbonyl (C=O) groups is 2. The van der Waals surface area contributed by atoms with Crippen molar-refractivity contribution in [3.8, 4) is 0 Å². The van der Waals surface area contributed by atoms with Crippen LogP contribution in [-0.2, 0) is 19.1 Å². The normalized spacial score (nSPS) is 12.3. The zero-order valence-electron chi connectivity index (χ0n) is 37.7. The molecule has 0 aliphatic carbocycles. The van der Waals surface area contributed by atoms with Gasteiger partial charge in [-0.05, 0) is 44.9 Å². The van der Waals surface area contributed by atoms with E-state index in [0.29, 0.717) is 12.8 Å². The van der Waals surface area contributed by atoms with Gasteiger partial charge in [0.15, 0.2) is 6.10 Å². The predicted molar refractivity (Wildman–Crippen MR) is 242 cm³/mol. The molecule has 0 rings (SSSR count). The van der Waals surface area contributed by atoms with E-state index in [1.807, 2.05) is 0 Å². The lowest BCUT2D eigenvalue weighted by atomic mass is 10.0. The summed E-state index contributed by atoms with van der Waals surface area (Å²) in [5, 5.41) is 9.61. The van der Waals surface area contributed by atoms with Gasteiger partial charge >= 0.3 is 11.9 Å². The Morgan fingerprint density at radius 2 is 0.714 bits per heavy atom. The first-order valence-electron chi connectivity index (χ1n) is 24.9. The molecule has 0 saturated carbocycles. The summed E-state index contributed by atoms with van der Waals surface area (Å²) in [5.41, 5.74) is 0. The van der Waals surface area contributed by atoms with Gasteiger partial charge in [-0.1, -0.05) is 237 Å². The number of allylic oxidation sites excluding steroid dienone is 4. The maximum Gasteiger partial charge on any atom is 0.306 e. The number of unbranched alkanes of at least 4 members (excludes halogenated alkanes) is 34. The molecule has 0 radical (unpaired) electrons. The van der Waals surface area contributed by atoms with Gasteiger partial charge in [0.05, 0.1) is 6.61 Å². The average Bonchev–Trinajstić information content (AvgIpc) is 3.20. The smallest absolute Gasteiger partial charge is 0.306 e. The van der Waals surface area contributed by atoms with Crippen LogP contribution in [0.2, 0.25) is 0 Å². The molecular formula is C51H96O5. The first-order valence-corrected chi connectivity index (χ1v) is 24.9. The van der Waals surface area contributed by atoms with Gasteiger partial charge in [-0.3, -0.25) is 9.59 Å². The van der Waals surface area contributed by atoms with E-state index in [1.54, 1.807) is 0 Å². The Morgan fingerprint density at radius 3 is 1.07 bits per heavy atom. The lowest BCUT2D eigenvalue weighted by Gasteiger charge is -2.15. The molecule has 0 aromatic carbocycles. The Balaban J connectivity index is 3.46. The first kappa shape index (κ1) is 54.4. The van der Waals surface area contributed by atoms with Crippen molar-refractivity contribution >= 4 is 11.9 Å². The Morgan fingerprint density at radius 1 is 0.411 bits per heavy atom. The van der Waals surface area contributed by atoms with E-state index in [9.17, 15) is 14.7 Å². The van der Waals surface area contributed by atoms with Crippen molar-refractivity contribution in [2.24, 2.45) is 0 Å². The molecule has 1 N–H and O–H groups in total. The largest absolute Gasteiger partial charge is 0.462 e. The van der Waals surface area contributed by atoms with E-state index in [2.05, 4.69) is 38.2 Å². The fraction of sp³-hybridized carbons (Fsp3) is 0.882. The molecule has 0 spiro atoms. The molecule has 0 heterocycles. The molecule has 330 valence electrons. The van der Waals surface area contributed by atoms with Crippen LogP contribution in [0.15, 0.2) is 24.3 Å². The van der Waals surface area contributed by atoms with Crippen LogP contribution in [0.3, 0.4) is 0 Å². The van der Waals surface area contributed by atoms with E-state index in [0.717, 1.165) is 44.9 Å². The van der Waals surface area contributed by atoms with Crippen molar-refractivity contribution in [3.05, 3.63) is 24.3 Å². The van der Waals surface area contributed by atoms with Gasteiger partial charge in [0, 0.05) is 12.8 Å². The van der Waals surface area contributed by atoms with Gasteiger partial charge in [0.2, 0.25) is 0 Å².